The lowest BCUT2D eigenvalue weighted by Crippen LogP contribution is -2.48. The van der Waals surface area contributed by atoms with Gasteiger partial charge in [0.15, 0.2) is 0 Å². The van der Waals surface area contributed by atoms with Crippen LogP contribution in [0.25, 0.3) is 0 Å². The Morgan fingerprint density at radius 3 is 2.43 bits per heavy atom. The van der Waals surface area contributed by atoms with Crippen molar-refractivity contribution >= 4 is 12.0 Å². The van der Waals surface area contributed by atoms with Crippen molar-refractivity contribution in [1.82, 2.24) is 16.0 Å². The summed E-state index contributed by atoms with van der Waals surface area (Å²) in [6.07, 6.45) is 1.90. The van der Waals surface area contributed by atoms with Crippen LogP contribution >= 0.6 is 0 Å². The number of nitrogens with one attached hydrogen (secondary N) is 3. The van der Waals surface area contributed by atoms with Crippen molar-refractivity contribution in [3.8, 4) is 0 Å². The van der Waals surface area contributed by atoms with Gasteiger partial charge in [0.05, 0.1) is 18.2 Å². The summed E-state index contributed by atoms with van der Waals surface area (Å²) in [5, 5.41) is 9.08. The Morgan fingerprint density at radius 1 is 1.10 bits per heavy atom. The predicted molar refractivity (Wildman–Crippen MR) is 117 cm³/mol. The molecule has 0 fully saturated rings. The third kappa shape index (κ3) is 5.70. The van der Waals surface area contributed by atoms with E-state index in [1.165, 1.54) is 5.56 Å². The minimum absolute atomic E-state index is 0.211. The van der Waals surface area contributed by atoms with Crippen LogP contribution in [0.1, 0.15) is 37.4 Å². The Hall–Kier alpha value is -3.12. The first-order valence-corrected chi connectivity index (χ1v) is 10.4. The summed E-state index contributed by atoms with van der Waals surface area (Å²) in [5.74, 6) is -0.424. The minimum Gasteiger partial charge on any atom is -0.463 e. The molecule has 1 heterocycles. The number of hydrogen-bond donors (Lipinski definition) is 3. The highest BCUT2D eigenvalue weighted by atomic mass is 16.5. The molecule has 0 aliphatic carbocycles. The highest BCUT2D eigenvalue weighted by molar-refractivity contribution is 5.95. The van der Waals surface area contributed by atoms with Crippen LogP contribution < -0.4 is 16.0 Å². The molecule has 0 bridgehead atoms. The van der Waals surface area contributed by atoms with Gasteiger partial charge in [0.1, 0.15) is 0 Å². The maximum Gasteiger partial charge on any atom is 0.338 e. The molecule has 3 N–H and O–H groups in total. The quantitative estimate of drug-likeness (QED) is 0.556. The van der Waals surface area contributed by atoms with Crippen molar-refractivity contribution < 1.29 is 14.3 Å². The highest BCUT2D eigenvalue weighted by Crippen LogP contribution is 2.27. The summed E-state index contributed by atoms with van der Waals surface area (Å²) >= 11 is 0. The molecule has 0 unspecified atom stereocenters. The van der Waals surface area contributed by atoms with Gasteiger partial charge >= 0.3 is 12.0 Å². The van der Waals surface area contributed by atoms with Crippen molar-refractivity contribution in [2.75, 3.05) is 13.2 Å². The summed E-state index contributed by atoms with van der Waals surface area (Å²) in [5.41, 5.74) is 3.12. The SMILES string of the molecule is CCOC(=O)C1=C(CN[C@@H](C)CCc2ccccc2)NC(=O)N[C@H]1c1ccccc1. The second kappa shape index (κ2) is 10.6. The molecule has 2 atom stereocenters. The molecule has 3 rings (SSSR count). The largest absolute Gasteiger partial charge is 0.463 e. The molecule has 158 valence electrons. The van der Waals surface area contributed by atoms with Crippen molar-refractivity contribution in [3.63, 3.8) is 0 Å². The van der Waals surface area contributed by atoms with E-state index in [2.05, 4.69) is 35.0 Å². The molecule has 30 heavy (non-hydrogen) atoms. The van der Waals surface area contributed by atoms with E-state index in [0.29, 0.717) is 17.8 Å². The molecule has 2 aromatic rings. The van der Waals surface area contributed by atoms with Crippen LogP contribution in [0.2, 0.25) is 0 Å². The molecule has 0 aromatic heterocycles. The van der Waals surface area contributed by atoms with Gasteiger partial charge in [-0.3, -0.25) is 0 Å². The van der Waals surface area contributed by atoms with Gasteiger partial charge in [-0.1, -0.05) is 60.7 Å². The molecule has 0 saturated carbocycles. The Morgan fingerprint density at radius 2 is 1.77 bits per heavy atom. The fraction of sp³-hybridized carbons (Fsp3) is 0.333. The van der Waals surface area contributed by atoms with Crippen molar-refractivity contribution in [2.45, 2.75) is 38.8 Å². The van der Waals surface area contributed by atoms with E-state index in [0.717, 1.165) is 18.4 Å². The van der Waals surface area contributed by atoms with Crippen LogP contribution in [-0.4, -0.2) is 31.2 Å². The molecule has 6 nitrogen and oxygen atoms in total. The molecule has 6 heteroatoms. The molecule has 0 saturated heterocycles. The summed E-state index contributed by atoms with van der Waals surface area (Å²) in [7, 11) is 0. The number of aryl methyl sites for hydroxylation is 1. The zero-order chi connectivity index (χ0) is 21.3. The van der Waals surface area contributed by atoms with Crippen LogP contribution in [0.15, 0.2) is 71.9 Å². The number of carbonyl (C=O) groups is 2. The van der Waals surface area contributed by atoms with Crippen molar-refractivity contribution in [3.05, 3.63) is 83.1 Å². The van der Waals surface area contributed by atoms with E-state index < -0.39 is 12.0 Å². The third-order valence-corrected chi connectivity index (χ3v) is 5.12. The molecular formula is C24H29N3O3. The molecular weight excluding hydrogens is 378 g/mol. The Balaban J connectivity index is 1.75. The third-order valence-electron chi connectivity index (χ3n) is 5.12. The average molecular weight is 408 g/mol. The Labute approximate surface area is 177 Å². The first kappa shape index (κ1) is 21.6. The first-order chi connectivity index (χ1) is 14.6. The summed E-state index contributed by atoms with van der Waals surface area (Å²) < 4.78 is 5.29. The van der Waals surface area contributed by atoms with E-state index in [-0.39, 0.29) is 18.7 Å². The molecule has 2 aromatic carbocycles. The molecule has 0 spiro atoms. The Bertz CT molecular complexity index is 881. The number of esters is 1. The van der Waals surface area contributed by atoms with Gasteiger partial charge in [0, 0.05) is 18.3 Å². The van der Waals surface area contributed by atoms with Gasteiger partial charge < -0.3 is 20.7 Å². The van der Waals surface area contributed by atoms with Gasteiger partial charge in [-0.05, 0) is 37.8 Å². The zero-order valence-corrected chi connectivity index (χ0v) is 17.5. The fourth-order valence-electron chi connectivity index (χ4n) is 3.51. The standard InChI is InChI=1S/C24H29N3O3/c1-3-30-23(28)21-20(16-25-17(2)14-15-18-10-6-4-7-11-18)26-24(29)27-22(21)19-12-8-5-9-13-19/h4-13,17,22,25H,3,14-16H2,1-2H3,(H2,26,27,29)/t17-,22-/m0/s1. The lowest BCUT2D eigenvalue weighted by molar-refractivity contribution is -0.139. The second-order valence-electron chi connectivity index (χ2n) is 7.36. The summed E-state index contributed by atoms with van der Waals surface area (Å²) in [6, 6.07) is 19.1. The van der Waals surface area contributed by atoms with Gasteiger partial charge in [-0.2, -0.15) is 0 Å². The first-order valence-electron chi connectivity index (χ1n) is 10.4. The van der Waals surface area contributed by atoms with Crippen LogP contribution in [-0.2, 0) is 16.0 Å². The van der Waals surface area contributed by atoms with Crippen molar-refractivity contribution in [2.24, 2.45) is 0 Å². The number of urea groups is 1. The fourth-order valence-corrected chi connectivity index (χ4v) is 3.51. The molecule has 1 aliphatic rings. The van der Waals surface area contributed by atoms with Crippen LogP contribution in [0.4, 0.5) is 4.79 Å². The van der Waals surface area contributed by atoms with Crippen LogP contribution in [0.5, 0.6) is 0 Å². The molecule has 0 radical (unpaired) electrons. The number of hydrogen-bond acceptors (Lipinski definition) is 4. The van der Waals surface area contributed by atoms with E-state index in [4.69, 9.17) is 4.74 Å². The summed E-state index contributed by atoms with van der Waals surface area (Å²) in [6.45, 7) is 4.52. The highest BCUT2D eigenvalue weighted by Gasteiger charge is 2.33. The van der Waals surface area contributed by atoms with Crippen LogP contribution in [0.3, 0.4) is 0 Å². The predicted octanol–water partition coefficient (Wildman–Crippen LogP) is 3.47. The number of ether oxygens (including phenoxy) is 1. The lowest BCUT2D eigenvalue weighted by atomic mass is 9.95. The van der Waals surface area contributed by atoms with E-state index in [9.17, 15) is 9.59 Å². The van der Waals surface area contributed by atoms with Crippen molar-refractivity contribution in [1.29, 1.82) is 0 Å². The zero-order valence-electron chi connectivity index (χ0n) is 17.5. The number of carbonyl (C=O) groups excluding carboxylic acids is 2. The second-order valence-corrected chi connectivity index (χ2v) is 7.36. The van der Waals surface area contributed by atoms with E-state index in [1.54, 1.807) is 6.92 Å². The van der Waals surface area contributed by atoms with E-state index >= 15 is 0 Å². The van der Waals surface area contributed by atoms with Gasteiger partial charge in [-0.25, -0.2) is 9.59 Å². The maximum absolute atomic E-state index is 12.8. The molecule has 1 aliphatic heterocycles. The monoisotopic (exact) mass is 407 g/mol. The number of benzene rings is 2. The maximum atomic E-state index is 12.8. The summed E-state index contributed by atoms with van der Waals surface area (Å²) in [4.78, 5) is 25.1. The van der Waals surface area contributed by atoms with Gasteiger partial charge in [0.2, 0.25) is 0 Å². The van der Waals surface area contributed by atoms with Crippen LogP contribution in [0, 0.1) is 0 Å². The van der Waals surface area contributed by atoms with E-state index in [1.807, 2.05) is 48.5 Å². The topological polar surface area (TPSA) is 79.5 Å². The molecule has 2 amide bonds. The smallest absolute Gasteiger partial charge is 0.338 e. The number of amides is 2. The van der Waals surface area contributed by atoms with Gasteiger partial charge in [-0.15, -0.1) is 0 Å². The minimum atomic E-state index is -0.546. The van der Waals surface area contributed by atoms with Gasteiger partial charge in [0.25, 0.3) is 0 Å². The lowest BCUT2D eigenvalue weighted by Gasteiger charge is -2.30. The average Bonchev–Trinajstić information content (AvgIpc) is 2.77. The number of rotatable bonds is 9. The Kier molecular flexibility index (Phi) is 7.63. The normalized spacial score (nSPS) is 17.1.